The van der Waals surface area contributed by atoms with Gasteiger partial charge in [-0.2, -0.15) is 0 Å². The molecule has 0 unspecified atom stereocenters. The Morgan fingerprint density at radius 1 is 1.39 bits per heavy atom. The van der Waals surface area contributed by atoms with Crippen LogP contribution in [0.5, 0.6) is 0 Å². The second kappa shape index (κ2) is 8.91. The number of aliphatic hydroxyl groups is 1. The van der Waals surface area contributed by atoms with Gasteiger partial charge in [-0.15, -0.1) is 0 Å². The van der Waals surface area contributed by atoms with Crippen molar-refractivity contribution in [2.24, 2.45) is 0 Å². The number of rotatable bonds is 7. The lowest BCUT2D eigenvalue weighted by atomic mass is 10.1. The number of likely N-dealkylation sites (N-methyl/N-ethyl adjacent to an activating group) is 1. The van der Waals surface area contributed by atoms with Crippen molar-refractivity contribution in [3.63, 3.8) is 0 Å². The van der Waals surface area contributed by atoms with Crippen LogP contribution in [0.15, 0.2) is 28.8 Å². The predicted octanol–water partition coefficient (Wildman–Crippen LogP) is 1.80. The van der Waals surface area contributed by atoms with Gasteiger partial charge in [0.1, 0.15) is 5.56 Å². The van der Waals surface area contributed by atoms with Gasteiger partial charge in [0.25, 0.3) is 5.91 Å². The molecule has 8 nitrogen and oxygen atoms in total. The average Bonchev–Trinajstić information content (AvgIpc) is 3.26. The fourth-order valence-electron chi connectivity index (χ4n) is 3.28. The maximum atomic E-state index is 13.3. The number of hydrogen-bond acceptors (Lipinski definition) is 7. The first kappa shape index (κ1) is 20.6. The number of aromatic nitrogens is 1. The number of carbonyl (C=O) groups is 1. The lowest BCUT2D eigenvalue weighted by Crippen LogP contribution is -2.38. The zero-order valence-electron chi connectivity index (χ0n) is 16.2. The minimum Gasteiger partial charge on any atom is -0.390 e. The number of methoxy groups -OCH3 is 1. The van der Waals surface area contributed by atoms with E-state index in [9.17, 15) is 9.90 Å². The normalized spacial score (nSPS) is 19.4. The van der Waals surface area contributed by atoms with Crippen molar-refractivity contribution >= 4 is 23.3 Å². The summed E-state index contributed by atoms with van der Waals surface area (Å²) >= 11 is 5.98. The topological polar surface area (TPSA) is 91.1 Å². The molecule has 1 aromatic heterocycles. The van der Waals surface area contributed by atoms with Crippen molar-refractivity contribution in [3.05, 3.63) is 34.9 Å². The molecule has 1 aliphatic heterocycles. The molecule has 0 aliphatic carbocycles. The van der Waals surface area contributed by atoms with Crippen LogP contribution in [-0.4, -0.2) is 85.6 Å². The van der Waals surface area contributed by atoms with Gasteiger partial charge in [0, 0.05) is 37.3 Å². The van der Waals surface area contributed by atoms with Gasteiger partial charge in [0.2, 0.25) is 0 Å². The van der Waals surface area contributed by atoms with E-state index in [-0.39, 0.29) is 18.5 Å². The lowest BCUT2D eigenvalue weighted by Gasteiger charge is -2.21. The van der Waals surface area contributed by atoms with Gasteiger partial charge >= 0.3 is 0 Å². The van der Waals surface area contributed by atoms with Gasteiger partial charge in [-0.05, 0) is 38.4 Å². The van der Waals surface area contributed by atoms with E-state index in [1.165, 1.54) is 0 Å². The van der Waals surface area contributed by atoms with Crippen LogP contribution < -0.4 is 5.32 Å². The number of benzene rings is 1. The largest absolute Gasteiger partial charge is 0.390 e. The van der Waals surface area contributed by atoms with E-state index in [0.717, 1.165) is 0 Å². The Labute approximate surface area is 169 Å². The number of β-amino-alcohol motifs (C(OH)–C–C–N with tert-alkyl or cyclic N) is 1. The molecule has 28 heavy (non-hydrogen) atoms. The summed E-state index contributed by atoms with van der Waals surface area (Å²) in [6.45, 7) is 1.62. The molecular weight excluding hydrogens is 384 g/mol. The second-order valence-electron chi connectivity index (χ2n) is 6.97. The molecule has 2 N–H and O–H groups in total. The van der Waals surface area contributed by atoms with E-state index in [1.807, 2.05) is 19.0 Å². The summed E-state index contributed by atoms with van der Waals surface area (Å²) in [6.07, 6.45) is -0.609. The first-order valence-electron chi connectivity index (χ1n) is 9.04. The zero-order valence-corrected chi connectivity index (χ0v) is 16.9. The zero-order chi connectivity index (χ0) is 20.3. The van der Waals surface area contributed by atoms with Crippen LogP contribution >= 0.6 is 11.6 Å². The Bertz CT molecular complexity index is 809. The average molecular weight is 409 g/mol. The third-order valence-electron chi connectivity index (χ3n) is 4.82. The van der Waals surface area contributed by atoms with Crippen molar-refractivity contribution in [3.8, 4) is 11.3 Å². The Hall–Kier alpha value is -2.13. The van der Waals surface area contributed by atoms with E-state index < -0.39 is 6.10 Å². The third kappa shape index (κ3) is 4.30. The fraction of sp³-hybridized carbons (Fsp3) is 0.474. The monoisotopic (exact) mass is 408 g/mol. The van der Waals surface area contributed by atoms with Crippen LogP contribution in [0, 0.1) is 0 Å². The smallest absolute Gasteiger partial charge is 0.261 e. The number of amides is 1. The molecule has 0 spiro atoms. The van der Waals surface area contributed by atoms with Gasteiger partial charge in [0.15, 0.2) is 11.6 Å². The minimum atomic E-state index is -0.609. The molecule has 1 aromatic carbocycles. The predicted molar refractivity (Wildman–Crippen MR) is 107 cm³/mol. The second-order valence-corrected chi connectivity index (χ2v) is 7.41. The van der Waals surface area contributed by atoms with Crippen molar-refractivity contribution in [2.75, 3.05) is 52.8 Å². The molecule has 0 saturated carbocycles. The number of hydrogen-bond donors (Lipinski definition) is 2. The molecule has 1 saturated heterocycles. The number of anilines is 1. The molecule has 1 amide bonds. The summed E-state index contributed by atoms with van der Waals surface area (Å²) in [4.78, 5) is 16.9. The van der Waals surface area contributed by atoms with Gasteiger partial charge in [0.05, 0.1) is 18.8 Å². The number of nitrogens with zero attached hydrogens (tertiary/aromatic N) is 3. The highest BCUT2D eigenvalue weighted by molar-refractivity contribution is 6.30. The molecule has 0 radical (unpaired) electrons. The quantitative estimate of drug-likeness (QED) is 0.675. The molecule has 9 heteroatoms. The third-order valence-corrected chi connectivity index (χ3v) is 5.07. The molecule has 1 aliphatic rings. The van der Waals surface area contributed by atoms with Crippen molar-refractivity contribution in [1.82, 2.24) is 15.0 Å². The van der Waals surface area contributed by atoms with Crippen molar-refractivity contribution < 1.29 is 19.2 Å². The summed E-state index contributed by atoms with van der Waals surface area (Å²) in [5.74, 6) is 0.480. The maximum absolute atomic E-state index is 13.3. The molecule has 3 rings (SSSR count). The minimum absolute atomic E-state index is 0.118. The van der Waals surface area contributed by atoms with Crippen LogP contribution in [-0.2, 0) is 4.74 Å². The van der Waals surface area contributed by atoms with Crippen LogP contribution in [0.3, 0.4) is 0 Å². The van der Waals surface area contributed by atoms with Gasteiger partial charge in [-0.1, -0.05) is 16.8 Å². The highest BCUT2D eigenvalue weighted by Gasteiger charge is 2.38. The number of likely N-dealkylation sites (tertiary alicyclic amines) is 1. The maximum Gasteiger partial charge on any atom is 0.261 e. The van der Waals surface area contributed by atoms with Gasteiger partial charge in [-0.3, -0.25) is 4.79 Å². The summed E-state index contributed by atoms with van der Waals surface area (Å²) in [7, 11) is 5.37. The number of nitrogens with one attached hydrogen (secondary N) is 1. The molecule has 2 atom stereocenters. The van der Waals surface area contributed by atoms with Crippen LogP contribution in [0.25, 0.3) is 11.3 Å². The number of carbonyl (C=O) groups excluding carboxylic acids is 1. The molecule has 1 fully saturated rings. The Kier molecular flexibility index (Phi) is 6.56. The summed E-state index contributed by atoms with van der Waals surface area (Å²) in [5, 5.41) is 18.0. The number of halogens is 1. The van der Waals surface area contributed by atoms with Crippen LogP contribution in [0.1, 0.15) is 10.4 Å². The van der Waals surface area contributed by atoms with E-state index in [0.29, 0.717) is 47.4 Å². The summed E-state index contributed by atoms with van der Waals surface area (Å²) < 4.78 is 10.6. The van der Waals surface area contributed by atoms with Crippen molar-refractivity contribution in [1.29, 1.82) is 0 Å². The SMILES string of the molecule is COCCNc1noc(-c2ccc(Cl)cc2)c1C(=O)N1C[C@H](O)[C@@H](N(C)C)C1. The lowest BCUT2D eigenvalue weighted by molar-refractivity contribution is 0.0765. The Balaban J connectivity index is 1.93. The van der Waals surface area contributed by atoms with Crippen molar-refractivity contribution in [2.45, 2.75) is 12.1 Å². The fourth-order valence-corrected chi connectivity index (χ4v) is 3.41. The highest BCUT2D eigenvalue weighted by Crippen LogP contribution is 2.32. The van der Waals surface area contributed by atoms with E-state index in [1.54, 1.807) is 36.3 Å². The Morgan fingerprint density at radius 3 is 2.71 bits per heavy atom. The first-order chi connectivity index (χ1) is 13.4. The van der Waals surface area contributed by atoms with Gasteiger partial charge < -0.3 is 29.5 Å². The summed E-state index contributed by atoms with van der Waals surface area (Å²) in [5.41, 5.74) is 1.04. The number of ether oxygens (including phenoxy) is 1. The van der Waals surface area contributed by atoms with Crippen LogP contribution in [0.2, 0.25) is 5.02 Å². The first-order valence-corrected chi connectivity index (χ1v) is 9.42. The Morgan fingerprint density at radius 2 is 2.11 bits per heavy atom. The highest BCUT2D eigenvalue weighted by atomic mass is 35.5. The van der Waals surface area contributed by atoms with Crippen LogP contribution in [0.4, 0.5) is 5.82 Å². The number of aliphatic hydroxyl groups excluding tert-OH is 1. The molecule has 0 bridgehead atoms. The molecular formula is C19H25ClN4O4. The van der Waals surface area contributed by atoms with E-state index in [2.05, 4.69) is 10.5 Å². The van der Waals surface area contributed by atoms with E-state index >= 15 is 0 Å². The molecule has 2 heterocycles. The van der Waals surface area contributed by atoms with E-state index in [4.69, 9.17) is 20.9 Å². The summed E-state index contributed by atoms with van der Waals surface area (Å²) in [6, 6.07) is 6.90. The van der Waals surface area contributed by atoms with Gasteiger partial charge in [-0.25, -0.2) is 0 Å². The standard InChI is InChI=1S/C19H25ClN4O4/c1-23(2)14-10-24(11-15(14)25)19(26)16-17(12-4-6-13(20)7-5-12)28-22-18(16)21-8-9-27-3/h4-7,14-15,25H,8-11H2,1-3H3,(H,21,22)/t14-,15-/m0/s1. The molecule has 152 valence electrons. The molecule has 2 aromatic rings.